The standard InChI is InChI=1S/C19H21ClN2O2/c20-16-6-2-1-5-15(16)17-8-7-14(24-17)13-22-12-11-21-18(23)19(22)9-3-4-10-19/h1-2,5-8H,3-4,9-13H2,(H,21,23). The minimum atomic E-state index is -0.338. The Morgan fingerprint density at radius 3 is 2.75 bits per heavy atom. The van der Waals surface area contributed by atoms with Gasteiger partial charge in [-0.25, -0.2) is 0 Å². The SMILES string of the molecule is O=C1NCCN(Cc2ccc(-c3ccccc3Cl)o2)C12CCCC2. The van der Waals surface area contributed by atoms with Crippen LogP contribution in [0, 0.1) is 0 Å². The third-order valence-corrected chi connectivity index (χ3v) is 5.60. The van der Waals surface area contributed by atoms with Crippen molar-refractivity contribution in [3.05, 3.63) is 47.2 Å². The molecule has 1 aromatic heterocycles. The Labute approximate surface area is 146 Å². The number of nitrogens with zero attached hydrogens (tertiary/aromatic N) is 1. The van der Waals surface area contributed by atoms with Gasteiger partial charge in [-0.2, -0.15) is 0 Å². The predicted octanol–water partition coefficient (Wildman–Crippen LogP) is 3.84. The Morgan fingerprint density at radius 2 is 1.96 bits per heavy atom. The molecule has 1 aliphatic carbocycles. The summed E-state index contributed by atoms with van der Waals surface area (Å²) in [6.07, 6.45) is 4.12. The summed E-state index contributed by atoms with van der Waals surface area (Å²) in [5.41, 5.74) is 0.563. The van der Waals surface area contributed by atoms with E-state index in [4.69, 9.17) is 16.0 Å². The Morgan fingerprint density at radius 1 is 1.17 bits per heavy atom. The number of benzene rings is 1. The molecule has 1 aliphatic heterocycles. The van der Waals surface area contributed by atoms with Crippen LogP contribution in [0.5, 0.6) is 0 Å². The second kappa shape index (κ2) is 6.26. The average molecular weight is 345 g/mol. The molecule has 5 heteroatoms. The van der Waals surface area contributed by atoms with Crippen molar-refractivity contribution in [2.75, 3.05) is 13.1 Å². The lowest BCUT2D eigenvalue weighted by Gasteiger charge is -2.43. The van der Waals surface area contributed by atoms with Crippen LogP contribution >= 0.6 is 11.6 Å². The van der Waals surface area contributed by atoms with Gasteiger partial charge in [-0.3, -0.25) is 9.69 Å². The van der Waals surface area contributed by atoms with Gasteiger partial charge in [0.05, 0.1) is 11.6 Å². The van der Waals surface area contributed by atoms with Crippen molar-refractivity contribution in [1.82, 2.24) is 10.2 Å². The number of hydrogen-bond acceptors (Lipinski definition) is 3. The van der Waals surface area contributed by atoms with E-state index in [1.165, 1.54) is 0 Å². The molecule has 126 valence electrons. The summed E-state index contributed by atoms with van der Waals surface area (Å²) in [7, 11) is 0. The largest absolute Gasteiger partial charge is 0.460 e. The van der Waals surface area contributed by atoms with Gasteiger partial charge in [-0.1, -0.05) is 36.6 Å². The van der Waals surface area contributed by atoms with E-state index in [0.29, 0.717) is 18.1 Å². The van der Waals surface area contributed by atoms with Crippen LogP contribution in [0.1, 0.15) is 31.4 Å². The molecule has 2 fully saturated rings. The summed E-state index contributed by atoms with van der Waals surface area (Å²) in [6.45, 7) is 2.24. The Balaban J connectivity index is 1.57. The molecule has 2 aliphatic rings. The lowest BCUT2D eigenvalue weighted by molar-refractivity contribution is -0.137. The van der Waals surface area contributed by atoms with E-state index < -0.39 is 0 Å². The number of furan rings is 1. The molecule has 2 aromatic rings. The van der Waals surface area contributed by atoms with Gasteiger partial charge in [-0.05, 0) is 37.1 Å². The van der Waals surface area contributed by atoms with E-state index >= 15 is 0 Å². The van der Waals surface area contributed by atoms with E-state index in [9.17, 15) is 4.79 Å². The van der Waals surface area contributed by atoms with Crippen LogP contribution in [0.15, 0.2) is 40.8 Å². The zero-order chi connectivity index (χ0) is 16.6. The fourth-order valence-electron chi connectivity index (χ4n) is 4.02. The first-order valence-corrected chi connectivity index (χ1v) is 8.94. The van der Waals surface area contributed by atoms with E-state index in [1.54, 1.807) is 0 Å². The molecule has 24 heavy (non-hydrogen) atoms. The van der Waals surface area contributed by atoms with Crippen LogP contribution in [0.4, 0.5) is 0 Å². The molecule has 1 saturated carbocycles. The average Bonchev–Trinajstić information content (AvgIpc) is 3.23. The fourth-order valence-corrected chi connectivity index (χ4v) is 4.25. The Kier molecular flexibility index (Phi) is 4.10. The predicted molar refractivity (Wildman–Crippen MR) is 93.8 cm³/mol. The number of halogens is 1. The second-order valence-corrected chi connectivity index (χ2v) is 7.07. The summed E-state index contributed by atoms with van der Waals surface area (Å²) in [5, 5.41) is 3.72. The first kappa shape index (κ1) is 15.7. The first-order valence-electron chi connectivity index (χ1n) is 8.56. The number of amides is 1. The maximum atomic E-state index is 12.5. The minimum absolute atomic E-state index is 0.184. The molecular weight excluding hydrogens is 324 g/mol. The summed E-state index contributed by atoms with van der Waals surface area (Å²) >= 11 is 6.25. The molecule has 0 atom stereocenters. The number of piperazine rings is 1. The van der Waals surface area contributed by atoms with Crippen molar-refractivity contribution in [3.63, 3.8) is 0 Å². The van der Waals surface area contributed by atoms with Gasteiger partial charge < -0.3 is 9.73 Å². The highest BCUT2D eigenvalue weighted by Gasteiger charge is 2.48. The van der Waals surface area contributed by atoms with Gasteiger partial charge in [0.1, 0.15) is 17.1 Å². The highest BCUT2D eigenvalue weighted by molar-refractivity contribution is 6.33. The van der Waals surface area contributed by atoms with Crippen molar-refractivity contribution in [2.45, 2.75) is 37.8 Å². The maximum Gasteiger partial charge on any atom is 0.240 e. The van der Waals surface area contributed by atoms with Crippen molar-refractivity contribution >= 4 is 17.5 Å². The van der Waals surface area contributed by atoms with E-state index in [0.717, 1.165) is 49.3 Å². The molecule has 0 radical (unpaired) electrons. The highest BCUT2D eigenvalue weighted by atomic mass is 35.5. The Bertz CT molecular complexity index is 749. The van der Waals surface area contributed by atoms with E-state index in [2.05, 4.69) is 10.2 Å². The van der Waals surface area contributed by atoms with Gasteiger partial charge in [0.25, 0.3) is 0 Å². The van der Waals surface area contributed by atoms with Crippen LogP contribution in [0.2, 0.25) is 5.02 Å². The lowest BCUT2D eigenvalue weighted by Crippen LogP contribution is -2.63. The van der Waals surface area contributed by atoms with Crippen molar-refractivity contribution < 1.29 is 9.21 Å². The zero-order valence-corrected chi connectivity index (χ0v) is 14.3. The zero-order valence-electron chi connectivity index (χ0n) is 13.6. The Hall–Kier alpha value is -1.78. The second-order valence-electron chi connectivity index (χ2n) is 6.66. The third-order valence-electron chi connectivity index (χ3n) is 5.27. The molecule has 1 N–H and O–H groups in total. The van der Waals surface area contributed by atoms with Gasteiger partial charge in [0, 0.05) is 18.7 Å². The van der Waals surface area contributed by atoms with Crippen LogP contribution in [0.3, 0.4) is 0 Å². The molecule has 1 amide bonds. The molecule has 1 spiro atoms. The van der Waals surface area contributed by atoms with E-state index in [1.807, 2.05) is 36.4 Å². The monoisotopic (exact) mass is 344 g/mol. The van der Waals surface area contributed by atoms with Crippen LogP contribution < -0.4 is 5.32 Å². The quantitative estimate of drug-likeness (QED) is 0.920. The van der Waals surface area contributed by atoms with Gasteiger partial charge >= 0.3 is 0 Å². The van der Waals surface area contributed by atoms with Crippen LogP contribution in [0.25, 0.3) is 11.3 Å². The smallest absolute Gasteiger partial charge is 0.240 e. The van der Waals surface area contributed by atoms with E-state index in [-0.39, 0.29) is 11.4 Å². The van der Waals surface area contributed by atoms with Crippen LogP contribution in [-0.4, -0.2) is 29.4 Å². The molecule has 4 nitrogen and oxygen atoms in total. The number of carbonyl (C=O) groups excluding carboxylic acids is 1. The number of hydrogen-bond donors (Lipinski definition) is 1. The van der Waals surface area contributed by atoms with Crippen molar-refractivity contribution in [2.24, 2.45) is 0 Å². The topological polar surface area (TPSA) is 45.5 Å². The molecule has 1 aromatic carbocycles. The summed E-state index contributed by atoms with van der Waals surface area (Å²) in [5.74, 6) is 1.84. The van der Waals surface area contributed by atoms with Crippen molar-refractivity contribution in [3.8, 4) is 11.3 Å². The van der Waals surface area contributed by atoms with Crippen molar-refractivity contribution in [1.29, 1.82) is 0 Å². The van der Waals surface area contributed by atoms with Gasteiger partial charge in [-0.15, -0.1) is 0 Å². The molecular formula is C19H21ClN2O2. The number of carbonyl (C=O) groups is 1. The number of rotatable bonds is 3. The molecule has 2 heterocycles. The molecule has 0 bridgehead atoms. The summed E-state index contributed by atoms with van der Waals surface area (Å²) < 4.78 is 6.03. The minimum Gasteiger partial charge on any atom is -0.460 e. The molecule has 0 unspecified atom stereocenters. The maximum absolute atomic E-state index is 12.5. The molecule has 4 rings (SSSR count). The normalized spacial score (nSPS) is 20.5. The highest BCUT2D eigenvalue weighted by Crippen LogP contribution is 2.38. The third kappa shape index (κ3) is 2.64. The number of nitrogens with one attached hydrogen (secondary N) is 1. The fraction of sp³-hybridized carbons (Fsp3) is 0.421. The molecule has 1 saturated heterocycles. The van der Waals surface area contributed by atoms with Crippen LogP contribution in [-0.2, 0) is 11.3 Å². The summed E-state index contributed by atoms with van der Waals surface area (Å²) in [6, 6.07) is 11.6. The lowest BCUT2D eigenvalue weighted by atomic mass is 9.91. The summed E-state index contributed by atoms with van der Waals surface area (Å²) in [4.78, 5) is 14.8. The first-order chi connectivity index (χ1) is 11.7. The van der Waals surface area contributed by atoms with Gasteiger partial charge in [0.2, 0.25) is 5.91 Å². The van der Waals surface area contributed by atoms with Gasteiger partial charge in [0.15, 0.2) is 0 Å².